The topological polar surface area (TPSA) is 17.1 Å². The second kappa shape index (κ2) is 2.25. The number of hydrogen-bond donors (Lipinski definition) is 0. The minimum atomic E-state index is 0.202. The van der Waals surface area contributed by atoms with Crippen molar-refractivity contribution in [2.45, 2.75) is 31.1 Å². The molecule has 0 amide bonds. The summed E-state index contributed by atoms with van der Waals surface area (Å²) in [5.41, 5.74) is 0. The first-order valence-electron chi connectivity index (χ1n) is 4.96. The summed E-state index contributed by atoms with van der Waals surface area (Å²) >= 11 is 6.25. The normalized spacial score (nSPS) is 56.4. The summed E-state index contributed by atoms with van der Waals surface area (Å²) in [6, 6.07) is 0. The van der Waals surface area contributed by atoms with Gasteiger partial charge in [0, 0.05) is 17.7 Å². The molecule has 3 saturated carbocycles. The fraction of sp³-hybridized carbons (Fsp3) is 0.900. The van der Waals surface area contributed by atoms with Crippen LogP contribution >= 0.6 is 11.6 Å². The molecule has 66 valence electrons. The van der Waals surface area contributed by atoms with Crippen LogP contribution in [0.3, 0.4) is 0 Å². The number of ketones is 1. The molecule has 3 rings (SSSR count). The smallest absolute Gasteiger partial charge is 0.138 e. The highest BCUT2D eigenvalue weighted by Crippen LogP contribution is 2.58. The van der Waals surface area contributed by atoms with Crippen LogP contribution < -0.4 is 0 Å². The predicted molar refractivity (Wildman–Crippen MR) is 47.1 cm³/mol. The number of halogens is 1. The number of alkyl halides is 1. The average Bonchev–Trinajstić information content (AvgIpc) is 2.61. The van der Waals surface area contributed by atoms with Crippen molar-refractivity contribution in [2.24, 2.45) is 23.7 Å². The van der Waals surface area contributed by atoms with Crippen molar-refractivity contribution < 1.29 is 4.79 Å². The van der Waals surface area contributed by atoms with Crippen LogP contribution in [0.15, 0.2) is 0 Å². The Hall–Kier alpha value is -0.0400. The number of hydrogen-bond acceptors (Lipinski definition) is 1. The van der Waals surface area contributed by atoms with E-state index < -0.39 is 0 Å². The molecule has 12 heavy (non-hydrogen) atoms. The van der Waals surface area contributed by atoms with Gasteiger partial charge in [-0.2, -0.15) is 0 Å². The van der Waals surface area contributed by atoms with Gasteiger partial charge in [-0.3, -0.25) is 4.79 Å². The molecule has 0 aromatic rings. The number of carbonyl (C=O) groups excluding carboxylic acids is 1. The van der Waals surface area contributed by atoms with Gasteiger partial charge in [0.1, 0.15) is 5.78 Å². The maximum Gasteiger partial charge on any atom is 0.138 e. The molecule has 0 heterocycles. The number of fused-ring (bicyclic) bond motifs is 5. The molecule has 2 heteroatoms. The van der Waals surface area contributed by atoms with Crippen molar-refractivity contribution in [1.82, 2.24) is 0 Å². The van der Waals surface area contributed by atoms with Gasteiger partial charge in [0.2, 0.25) is 0 Å². The maximum atomic E-state index is 11.5. The van der Waals surface area contributed by atoms with Crippen LogP contribution in [0.25, 0.3) is 0 Å². The third-order valence-electron chi connectivity index (χ3n) is 4.20. The molecule has 0 N–H and O–H groups in total. The van der Waals surface area contributed by atoms with Crippen molar-refractivity contribution in [3.63, 3.8) is 0 Å². The Bertz CT molecular complexity index is 236. The Labute approximate surface area is 77.5 Å². The van der Waals surface area contributed by atoms with Crippen molar-refractivity contribution in [1.29, 1.82) is 0 Å². The summed E-state index contributed by atoms with van der Waals surface area (Å²) in [5, 5.41) is 0.202. The summed E-state index contributed by atoms with van der Waals surface area (Å²) in [6.07, 6.45) is 4.72. The third-order valence-corrected chi connectivity index (χ3v) is 4.79. The zero-order valence-electron chi connectivity index (χ0n) is 7.00. The molecule has 3 aliphatic carbocycles. The average molecular weight is 185 g/mol. The quantitative estimate of drug-likeness (QED) is 0.528. The SMILES string of the molecule is O=C1C[C@H]2[C@@H](Cl)[C@@H]1[C@H]1CCC[C@@H]21. The number of Topliss-reactive ketones (excluding diaryl/α,β-unsaturated/α-hetero) is 1. The van der Waals surface area contributed by atoms with E-state index in [2.05, 4.69) is 0 Å². The largest absolute Gasteiger partial charge is 0.299 e. The predicted octanol–water partition coefficient (Wildman–Crippen LogP) is 2.23. The Kier molecular flexibility index (Phi) is 1.39. The molecule has 0 aromatic heterocycles. The van der Waals surface area contributed by atoms with Crippen molar-refractivity contribution in [3.05, 3.63) is 0 Å². The summed E-state index contributed by atoms with van der Waals surface area (Å²) in [6.45, 7) is 0. The molecular formula is C10H13ClO. The van der Waals surface area contributed by atoms with Crippen molar-refractivity contribution in [3.8, 4) is 0 Å². The Balaban J connectivity index is 1.99. The van der Waals surface area contributed by atoms with Gasteiger partial charge < -0.3 is 0 Å². The van der Waals surface area contributed by atoms with E-state index in [9.17, 15) is 4.79 Å². The van der Waals surface area contributed by atoms with Gasteiger partial charge in [0.05, 0.1) is 0 Å². The first-order chi connectivity index (χ1) is 5.79. The molecule has 1 nitrogen and oxygen atoms in total. The molecule has 3 aliphatic rings. The first kappa shape index (κ1) is 7.37. The van der Waals surface area contributed by atoms with Crippen LogP contribution in [0.1, 0.15) is 25.7 Å². The van der Waals surface area contributed by atoms with E-state index in [0.717, 1.165) is 12.3 Å². The second-order valence-electron chi connectivity index (χ2n) is 4.56. The Morgan fingerprint density at radius 3 is 2.75 bits per heavy atom. The summed E-state index contributed by atoms with van der Waals surface area (Å²) in [5.74, 6) is 2.76. The van der Waals surface area contributed by atoms with Gasteiger partial charge in [0.15, 0.2) is 0 Å². The van der Waals surface area contributed by atoms with Gasteiger partial charge in [-0.15, -0.1) is 11.6 Å². The molecule has 5 atom stereocenters. The van der Waals surface area contributed by atoms with Gasteiger partial charge in [-0.05, 0) is 30.6 Å². The molecule has 0 unspecified atom stereocenters. The lowest BCUT2D eigenvalue weighted by Gasteiger charge is -2.22. The van der Waals surface area contributed by atoms with E-state index in [-0.39, 0.29) is 11.3 Å². The molecule has 0 aromatic carbocycles. The van der Waals surface area contributed by atoms with Crippen molar-refractivity contribution >= 4 is 17.4 Å². The summed E-state index contributed by atoms with van der Waals surface area (Å²) in [7, 11) is 0. The van der Waals surface area contributed by atoms with Crippen LogP contribution in [0.4, 0.5) is 0 Å². The van der Waals surface area contributed by atoms with E-state index in [1.54, 1.807) is 0 Å². The minimum absolute atomic E-state index is 0.202. The van der Waals surface area contributed by atoms with E-state index >= 15 is 0 Å². The zero-order chi connectivity index (χ0) is 8.29. The fourth-order valence-corrected chi connectivity index (χ4v) is 4.39. The highest BCUT2D eigenvalue weighted by atomic mass is 35.5. The molecular weight excluding hydrogens is 172 g/mol. The maximum absolute atomic E-state index is 11.5. The van der Waals surface area contributed by atoms with E-state index in [0.29, 0.717) is 17.6 Å². The lowest BCUT2D eigenvalue weighted by Crippen LogP contribution is -2.24. The summed E-state index contributed by atoms with van der Waals surface area (Å²) < 4.78 is 0. The molecule has 0 aliphatic heterocycles. The zero-order valence-corrected chi connectivity index (χ0v) is 7.76. The highest BCUT2D eigenvalue weighted by molar-refractivity contribution is 6.24. The van der Waals surface area contributed by atoms with Gasteiger partial charge >= 0.3 is 0 Å². The third kappa shape index (κ3) is 0.693. The van der Waals surface area contributed by atoms with E-state index in [1.165, 1.54) is 19.3 Å². The monoisotopic (exact) mass is 184 g/mol. The van der Waals surface area contributed by atoms with E-state index in [1.807, 2.05) is 0 Å². The van der Waals surface area contributed by atoms with Gasteiger partial charge in [0.25, 0.3) is 0 Å². The second-order valence-corrected chi connectivity index (χ2v) is 5.07. The van der Waals surface area contributed by atoms with Crippen LogP contribution in [-0.2, 0) is 4.79 Å². The molecule has 3 fully saturated rings. The van der Waals surface area contributed by atoms with Gasteiger partial charge in [-0.1, -0.05) is 6.42 Å². The van der Waals surface area contributed by atoms with Gasteiger partial charge in [-0.25, -0.2) is 0 Å². The molecule has 0 spiro atoms. The van der Waals surface area contributed by atoms with Crippen LogP contribution in [-0.4, -0.2) is 11.2 Å². The molecule has 2 bridgehead atoms. The number of carbonyl (C=O) groups is 1. The van der Waals surface area contributed by atoms with Crippen molar-refractivity contribution in [2.75, 3.05) is 0 Å². The molecule has 0 saturated heterocycles. The van der Waals surface area contributed by atoms with E-state index in [4.69, 9.17) is 11.6 Å². The standard InChI is InChI=1S/C10H13ClO/c11-10-7-4-8(12)9(10)6-3-1-2-5(6)7/h5-7,9-10H,1-4H2/t5-,6+,7-,9-,10-/m1/s1. The lowest BCUT2D eigenvalue weighted by atomic mass is 9.81. The number of rotatable bonds is 0. The van der Waals surface area contributed by atoms with Crippen LogP contribution in [0.5, 0.6) is 0 Å². The first-order valence-corrected chi connectivity index (χ1v) is 5.39. The fourth-order valence-electron chi connectivity index (χ4n) is 3.78. The lowest BCUT2D eigenvalue weighted by molar-refractivity contribution is -0.123. The Morgan fingerprint density at radius 1 is 1.17 bits per heavy atom. The molecule has 0 radical (unpaired) electrons. The Morgan fingerprint density at radius 2 is 1.92 bits per heavy atom. The van der Waals surface area contributed by atoms with Crippen LogP contribution in [0, 0.1) is 23.7 Å². The highest BCUT2D eigenvalue weighted by Gasteiger charge is 2.59. The summed E-state index contributed by atoms with van der Waals surface area (Å²) in [4.78, 5) is 11.5. The van der Waals surface area contributed by atoms with Crippen LogP contribution in [0.2, 0.25) is 0 Å². The minimum Gasteiger partial charge on any atom is -0.299 e.